The summed E-state index contributed by atoms with van der Waals surface area (Å²) in [5.74, 6) is 0.439. The monoisotopic (exact) mass is 365 g/mol. The molecule has 0 saturated heterocycles. The minimum absolute atomic E-state index is 0.116. The Bertz CT molecular complexity index is 831. The summed E-state index contributed by atoms with van der Waals surface area (Å²) < 4.78 is 5.59. The lowest BCUT2D eigenvalue weighted by molar-refractivity contribution is 0.0403. The van der Waals surface area contributed by atoms with Crippen molar-refractivity contribution in [2.45, 2.75) is 57.8 Å². The number of carbonyl (C=O) groups excluding carboxylic acids is 2. The van der Waals surface area contributed by atoms with E-state index in [1.807, 2.05) is 25.1 Å². The largest absolute Gasteiger partial charge is 0.461 e. The molecule has 1 saturated carbocycles. The van der Waals surface area contributed by atoms with Crippen LogP contribution in [0.3, 0.4) is 0 Å². The van der Waals surface area contributed by atoms with Gasteiger partial charge < -0.3 is 9.72 Å². The van der Waals surface area contributed by atoms with Gasteiger partial charge in [0.1, 0.15) is 5.69 Å². The van der Waals surface area contributed by atoms with Gasteiger partial charge in [-0.25, -0.2) is 4.79 Å². The van der Waals surface area contributed by atoms with E-state index in [0.29, 0.717) is 30.2 Å². The van der Waals surface area contributed by atoms with E-state index >= 15 is 0 Å². The first kappa shape index (κ1) is 18.0. The van der Waals surface area contributed by atoms with Crippen LogP contribution in [0.5, 0.6) is 0 Å². The Kier molecular flexibility index (Phi) is 5.15. The fourth-order valence-electron chi connectivity index (χ4n) is 4.62. The number of aromatic amines is 1. The zero-order valence-corrected chi connectivity index (χ0v) is 15.9. The molecule has 27 heavy (non-hydrogen) atoms. The van der Waals surface area contributed by atoms with Gasteiger partial charge in [0.15, 0.2) is 5.78 Å². The second-order valence-corrected chi connectivity index (χ2v) is 8.02. The number of nitrogens with one attached hydrogen (secondary N) is 1. The van der Waals surface area contributed by atoms with E-state index < -0.39 is 0 Å². The Morgan fingerprint density at radius 1 is 1.11 bits per heavy atom. The number of rotatable bonds is 4. The van der Waals surface area contributed by atoms with E-state index in [9.17, 15) is 9.59 Å². The number of Topliss-reactive ketones (excluding diaryl/α,β-unsaturated/α-hetero) is 1. The van der Waals surface area contributed by atoms with Gasteiger partial charge in [0.2, 0.25) is 0 Å². The lowest BCUT2D eigenvalue weighted by Crippen LogP contribution is -2.18. The number of hydrogen-bond donors (Lipinski definition) is 1. The fourth-order valence-corrected chi connectivity index (χ4v) is 4.62. The zero-order chi connectivity index (χ0) is 18.8. The number of benzene rings is 1. The van der Waals surface area contributed by atoms with Gasteiger partial charge in [0.05, 0.1) is 6.61 Å². The molecule has 4 heteroatoms. The molecule has 0 aliphatic heterocycles. The quantitative estimate of drug-likeness (QED) is 0.778. The Hall–Kier alpha value is -2.36. The highest BCUT2D eigenvalue weighted by Crippen LogP contribution is 2.35. The molecule has 1 heterocycles. The van der Waals surface area contributed by atoms with Crippen LogP contribution in [0.15, 0.2) is 30.3 Å². The molecule has 142 valence electrons. The maximum Gasteiger partial charge on any atom is 0.355 e. The van der Waals surface area contributed by atoms with Crippen molar-refractivity contribution in [1.29, 1.82) is 0 Å². The summed E-state index contributed by atoms with van der Waals surface area (Å²) in [5, 5.41) is 0. The molecule has 1 fully saturated rings. The summed E-state index contributed by atoms with van der Waals surface area (Å²) in [6, 6.07) is 10.1. The Balaban J connectivity index is 1.50. The van der Waals surface area contributed by atoms with Crippen LogP contribution in [-0.2, 0) is 11.2 Å². The van der Waals surface area contributed by atoms with Crippen molar-refractivity contribution in [1.82, 2.24) is 4.98 Å². The van der Waals surface area contributed by atoms with E-state index in [-0.39, 0.29) is 17.7 Å². The average molecular weight is 365 g/mol. The van der Waals surface area contributed by atoms with Crippen molar-refractivity contribution in [3.8, 4) is 0 Å². The summed E-state index contributed by atoms with van der Waals surface area (Å²) in [4.78, 5) is 28.6. The maximum absolute atomic E-state index is 12.8. The number of ketones is 1. The third-order valence-electron chi connectivity index (χ3n) is 6.14. The second kappa shape index (κ2) is 7.71. The Morgan fingerprint density at radius 3 is 2.59 bits per heavy atom. The van der Waals surface area contributed by atoms with Crippen LogP contribution in [0.1, 0.15) is 82.1 Å². The lowest BCUT2D eigenvalue weighted by Gasteiger charge is -2.22. The van der Waals surface area contributed by atoms with Crippen molar-refractivity contribution in [3.05, 3.63) is 58.4 Å². The van der Waals surface area contributed by atoms with Crippen LogP contribution < -0.4 is 0 Å². The molecule has 4 nitrogen and oxygen atoms in total. The molecule has 0 amide bonds. The SMILES string of the molecule is Cc1c(C(=O)OCC2CCCCC2)[nH]c2c1C(=O)C[C@@H](c1ccccc1)C2. The van der Waals surface area contributed by atoms with Gasteiger partial charge in [-0.3, -0.25) is 4.79 Å². The van der Waals surface area contributed by atoms with Crippen molar-refractivity contribution >= 4 is 11.8 Å². The first-order chi connectivity index (χ1) is 13.1. The highest BCUT2D eigenvalue weighted by atomic mass is 16.5. The van der Waals surface area contributed by atoms with Crippen molar-refractivity contribution in [3.63, 3.8) is 0 Å². The molecule has 1 aromatic heterocycles. The smallest absolute Gasteiger partial charge is 0.355 e. The van der Waals surface area contributed by atoms with E-state index in [1.165, 1.54) is 24.8 Å². The normalized spacial score (nSPS) is 20.3. The van der Waals surface area contributed by atoms with E-state index in [1.54, 1.807) is 0 Å². The summed E-state index contributed by atoms with van der Waals surface area (Å²) in [7, 11) is 0. The number of H-pyrrole nitrogens is 1. The molecule has 0 bridgehead atoms. The van der Waals surface area contributed by atoms with Crippen molar-refractivity contribution in [2.24, 2.45) is 5.92 Å². The number of ether oxygens (including phenoxy) is 1. The number of hydrogen-bond acceptors (Lipinski definition) is 3. The Morgan fingerprint density at radius 2 is 1.85 bits per heavy atom. The third-order valence-corrected chi connectivity index (χ3v) is 6.14. The minimum atomic E-state index is -0.323. The van der Waals surface area contributed by atoms with Crippen LogP contribution in [-0.4, -0.2) is 23.3 Å². The van der Waals surface area contributed by atoms with Gasteiger partial charge in [-0.05, 0) is 49.1 Å². The maximum atomic E-state index is 12.8. The third kappa shape index (κ3) is 3.71. The number of fused-ring (bicyclic) bond motifs is 1. The van der Waals surface area contributed by atoms with Crippen LogP contribution >= 0.6 is 0 Å². The highest BCUT2D eigenvalue weighted by Gasteiger charge is 2.32. The number of aromatic nitrogens is 1. The highest BCUT2D eigenvalue weighted by molar-refractivity contribution is 6.03. The first-order valence-corrected chi connectivity index (χ1v) is 10.1. The molecule has 1 N–H and O–H groups in total. The van der Waals surface area contributed by atoms with Gasteiger partial charge in [-0.1, -0.05) is 49.6 Å². The molecule has 1 atom stereocenters. The van der Waals surface area contributed by atoms with Crippen LogP contribution in [0.4, 0.5) is 0 Å². The minimum Gasteiger partial charge on any atom is -0.461 e. The Labute approximate surface area is 160 Å². The first-order valence-electron chi connectivity index (χ1n) is 10.1. The summed E-state index contributed by atoms with van der Waals surface area (Å²) in [5.41, 5.74) is 3.95. The zero-order valence-electron chi connectivity index (χ0n) is 15.9. The molecule has 0 spiro atoms. The number of carbonyl (C=O) groups is 2. The second-order valence-electron chi connectivity index (χ2n) is 8.02. The predicted octanol–water partition coefficient (Wildman–Crippen LogP) is 4.97. The van der Waals surface area contributed by atoms with Crippen molar-refractivity contribution < 1.29 is 14.3 Å². The molecule has 0 unspecified atom stereocenters. The molecular weight excluding hydrogens is 338 g/mol. The summed E-state index contributed by atoms with van der Waals surface area (Å²) >= 11 is 0. The van der Waals surface area contributed by atoms with Crippen LogP contribution in [0.2, 0.25) is 0 Å². The fraction of sp³-hybridized carbons (Fsp3) is 0.478. The molecule has 0 radical (unpaired) electrons. The van der Waals surface area contributed by atoms with Gasteiger partial charge in [0.25, 0.3) is 0 Å². The van der Waals surface area contributed by atoms with E-state index in [2.05, 4.69) is 17.1 Å². The predicted molar refractivity (Wildman–Crippen MR) is 104 cm³/mol. The summed E-state index contributed by atoms with van der Waals surface area (Å²) in [6.07, 6.45) is 7.28. The van der Waals surface area contributed by atoms with E-state index in [4.69, 9.17) is 4.74 Å². The van der Waals surface area contributed by atoms with Gasteiger partial charge in [-0.15, -0.1) is 0 Å². The number of esters is 1. The van der Waals surface area contributed by atoms with Crippen LogP contribution in [0.25, 0.3) is 0 Å². The van der Waals surface area contributed by atoms with Gasteiger partial charge in [0, 0.05) is 17.7 Å². The van der Waals surface area contributed by atoms with Gasteiger partial charge in [-0.2, -0.15) is 0 Å². The molecule has 2 aromatic rings. The van der Waals surface area contributed by atoms with E-state index in [0.717, 1.165) is 30.5 Å². The average Bonchev–Trinajstić information content (AvgIpc) is 3.04. The van der Waals surface area contributed by atoms with Gasteiger partial charge >= 0.3 is 5.97 Å². The topological polar surface area (TPSA) is 59.2 Å². The van der Waals surface area contributed by atoms with Crippen molar-refractivity contribution in [2.75, 3.05) is 6.61 Å². The molecule has 4 rings (SSSR count). The van der Waals surface area contributed by atoms with Crippen LogP contribution in [0, 0.1) is 12.8 Å². The molecule has 2 aliphatic carbocycles. The summed E-state index contributed by atoms with van der Waals surface area (Å²) in [6.45, 7) is 2.34. The standard InChI is InChI=1S/C23H27NO3/c1-15-21-19(12-18(13-20(21)25)17-10-6-3-7-11-17)24-22(15)23(26)27-14-16-8-4-2-5-9-16/h3,6-7,10-11,16,18,24H,2,4-5,8-9,12-14H2,1H3/t18-/m0/s1. The molecular formula is C23H27NO3. The molecule has 1 aromatic carbocycles. The lowest BCUT2D eigenvalue weighted by atomic mass is 9.81. The molecule has 2 aliphatic rings.